The second-order valence-electron chi connectivity index (χ2n) is 3.15. The van der Waals surface area contributed by atoms with E-state index in [4.69, 9.17) is 4.84 Å². The van der Waals surface area contributed by atoms with Crippen LogP contribution in [0.25, 0.3) is 0 Å². The Kier molecular flexibility index (Phi) is 2.32. The molecular weight excluding hydrogens is 162 g/mol. The molecular formula is C7H13NO2S. The lowest BCUT2D eigenvalue weighted by molar-refractivity contribution is 0.0123. The van der Waals surface area contributed by atoms with Gasteiger partial charge in [-0.15, -0.1) is 0 Å². The molecule has 64 valence electrons. The van der Waals surface area contributed by atoms with E-state index in [-0.39, 0.29) is 5.60 Å². The molecule has 0 bridgehead atoms. The third-order valence-electron chi connectivity index (χ3n) is 1.50. The van der Waals surface area contributed by atoms with Crippen LogP contribution in [0.1, 0.15) is 27.2 Å². The van der Waals surface area contributed by atoms with Crippen LogP contribution < -0.4 is 0 Å². The van der Waals surface area contributed by atoms with Crippen molar-refractivity contribution in [3.8, 4) is 0 Å². The maximum absolute atomic E-state index is 11.2. The average Bonchev–Trinajstić information content (AvgIpc) is 2.29. The Hall–Kier alpha value is -0.380. The van der Waals surface area contributed by atoms with Gasteiger partial charge in [0.1, 0.15) is 10.6 Å². The van der Waals surface area contributed by atoms with E-state index >= 15 is 0 Å². The van der Waals surface area contributed by atoms with Gasteiger partial charge in [0.25, 0.3) is 0 Å². The Bertz CT molecular complexity index is 210. The molecule has 0 radical (unpaired) electrons. The van der Waals surface area contributed by atoms with E-state index in [9.17, 15) is 4.21 Å². The third-order valence-corrected chi connectivity index (χ3v) is 2.77. The second-order valence-corrected chi connectivity index (χ2v) is 4.89. The van der Waals surface area contributed by atoms with Crippen molar-refractivity contribution in [1.29, 1.82) is 0 Å². The molecule has 0 saturated heterocycles. The van der Waals surface area contributed by atoms with Gasteiger partial charge in [-0.3, -0.25) is 4.21 Å². The van der Waals surface area contributed by atoms with Gasteiger partial charge >= 0.3 is 0 Å². The minimum Gasteiger partial charge on any atom is -0.389 e. The molecule has 3 nitrogen and oxygen atoms in total. The van der Waals surface area contributed by atoms with Crippen LogP contribution in [0.2, 0.25) is 0 Å². The molecule has 1 atom stereocenters. The fourth-order valence-electron chi connectivity index (χ4n) is 0.892. The molecule has 1 heterocycles. The number of hydrogen-bond acceptors (Lipinski definition) is 3. The van der Waals surface area contributed by atoms with E-state index in [0.29, 0.717) is 17.2 Å². The first-order valence-electron chi connectivity index (χ1n) is 3.68. The molecule has 0 aromatic carbocycles. The predicted octanol–water partition coefficient (Wildman–Crippen LogP) is 1.27. The van der Waals surface area contributed by atoms with Crippen LogP contribution >= 0.6 is 0 Å². The van der Waals surface area contributed by atoms with E-state index in [1.54, 1.807) is 0 Å². The van der Waals surface area contributed by atoms with Crippen LogP contribution in [-0.4, -0.2) is 20.6 Å². The van der Waals surface area contributed by atoms with Crippen LogP contribution in [0.4, 0.5) is 0 Å². The van der Waals surface area contributed by atoms with Crippen LogP contribution in [0.3, 0.4) is 0 Å². The summed E-state index contributed by atoms with van der Waals surface area (Å²) in [5, 5.41) is 4.47. The molecule has 1 unspecified atom stereocenters. The average molecular weight is 175 g/mol. The maximum atomic E-state index is 11.2. The van der Waals surface area contributed by atoms with Gasteiger partial charge in [0.15, 0.2) is 0 Å². The zero-order valence-electron chi connectivity index (χ0n) is 7.09. The number of nitrogens with zero attached hydrogens (tertiary/aromatic N) is 1. The fraction of sp³-hybridized carbons (Fsp3) is 0.857. The van der Waals surface area contributed by atoms with Gasteiger partial charge in [0.05, 0.1) is 10.8 Å². The number of hydrogen-bond donors (Lipinski definition) is 0. The molecule has 1 aliphatic heterocycles. The number of oxime groups is 1. The van der Waals surface area contributed by atoms with Crippen LogP contribution in [0.5, 0.6) is 0 Å². The summed E-state index contributed by atoms with van der Waals surface area (Å²) in [5.74, 6) is 0.623. The Labute approximate surface area is 69.3 Å². The van der Waals surface area contributed by atoms with Gasteiger partial charge < -0.3 is 4.84 Å². The normalized spacial score (nSPS) is 24.1. The van der Waals surface area contributed by atoms with Crippen LogP contribution in [0.15, 0.2) is 5.16 Å². The molecule has 0 N–H and O–H groups in total. The summed E-state index contributed by atoms with van der Waals surface area (Å²) in [6.45, 7) is 5.76. The lowest BCUT2D eigenvalue weighted by Gasteiger charge is -2.12. The summed E-state index contributed by atoms with van der Waals surface area (Å²) in [6, 6.07) is 0. The molecule has 1 rings (SSSR count). The molecule has 11 heavy (non-hydrogen) atoms. The smallest absolute Gasteiger partial charge is 0.147 e. The van der Waals surface area contributed by atoms with E-state index in [2.05, 4.69) is 5.16 Å². The Morgan fingerprint density at radius 2 is 2.36 bits per heavy atom. The van der Waals surface area contributed by atoms with Gasteiger partial charge in [-0.25, -0.2) is 0 Å². The summed E-state index contributed by atoms with van der Waals surface area (Å²) in [7, 11) is -0.924. The van der Waals surface area contributed by atoms with E-state index in [1.165, 1.54) is 0 Å². The lowest BCUT2D eigenvalue weighted by atomic mass is 10.1. The quantitative estimate of drug-likeness (QED) is 0.602. The molecule has 0 saturated carbocycles. The maximum Gasteiger partial charge on any atom is 0.147 e. The largest absolute Gasteiger partial charge is 0.389 e. The van der Waals surface area contributed by atoms with Gasteiger partial charge in [-0.05, 0) is 13.8 Å². The van der Waals surface area contributed by atoms with Crippen molar-refractivity contribution in [3.05, 3.63) is 0 Å². The van der Waals surface area contributed by atoms with Gasteiger partial charge in [-0.2, -0.15) is 0 Å². The minimum absolute atomic E-state index is 0.250. The second kappa shape index (κ2) is 2.93. The monoisotopic (exact) mass is 175 g/mol. The zero-order chi connectivity index (χ0) is 8.48. The highest BCUT2D eigenvalue weighted by Crippen LogP contribution is 2.23. The summed E-state index contributed by atoms with van der Waals surface area (Å²) < 4.78 is 11.2. The molecule has 0 aromatic heterocycles. The predicted molar refractivity (Wildman–Crippen MR) is 45.9 cm³/mol. The van der Waals surface area contributed by atoms with Crippen molar-refractivity contribution in [3.63, 3.8) is 0 Å². The van der Waals surface area contributed by atoms with Crippen molar-refractivity contribution < 1.29 is 9.05 Å². The molecule has 4 heteroatoms. The summed E-state index contributed by atoms with van der Waals surface area (Å²) in [4.78, 5) is 5.07. The molecule has 0 spiro atoms. The Balaban J connectivity index is 2.60. The minimum atomic E-state index is -0.924. The van der Waals surface area contributed by atoms with Gasteiger partial charge in [0.2, 0.25) is 0 Å². The molecule has 0 aromatic rings. The summed E-state index contributed by atoms with van der Waals surface area (Å²) >= 11 is 0. The highest BCUT2D eigenvalue weighted by Gasteiger charge is 2.31. The molecule has 0 fully saturated rings. The van der Waals surface area contributed by atoms with Gasteiger partial charge in [-0.1, -0.05) is 12.1 Å². The van der Waals surface area contributed by atoms with Crippen molar-refractivity contribution in [2.24, 2.45) is 5.16 Å². The van der Waals surface area contributed by atoms with Gasteiger partial charge in [0, 0.05) is 12.2 Å². The van der Waals surface area contributed by atoms with E-state index in [1.807, 2.05) is 20.8 Å². The first-order chi connectivity index (χ1) is 5.05. The van der Waals surface area contributed by atoms with Crippen LogP contribution in [-0.2, 0) is 15.6 Å². The Morgan fingerprint density at radius 3 is 2.73 bits per heavy atom. The lowest BCUT2D eigenvalue weighted by Crippen LogP contribution is -2.20. The first-order valence-corrected chi connectivity index (χ1v) is 5.00. The highest BCUT2D eigenvalue weighted by molar-refractivity contribution is 8.00. The van der Waals surface area contributed by atoms with E-state index in [0.717, 1.165) is 0 Å². The standard InChI is InChI=1S/C7H13NO2S/c1-4-11(9)6-5-7(2,3)10-8-6/h4-5H2,1-3H3. The third kappa shape index (κ3) is 2.02. The van der Waals surface area contributed by atoms with Crippen molar-refractivity contribution in [1.82, 2.24) is 0 Å². The zero-order valence-corrected chi connectivity index (χ0v) is 7.90. The van der Waals surface area contributed by atoms with E-state index < -0.39 is 10.8 Å². The molecule has 0 aliphatic carbocycles. The molecule has 0 amide bonds. The van der Waals surface area contributed by atoms with Crippen molar-refractivity contribution in [2.45, 2.75) is 32.8 Å². The van der Waals surface area contributed by atoms with Crippen LogP contribution in [0, 0.1) is 0 Å². The van der Waals surface area contributed by atoms with Crippen molar-refractivity contribution >= 4 is 15.8 Å². The fourth-order valence-corrected chi connectivity index (χ4v) is 1.85. The molecule has 1 aliphatic rings. The first kappa shape index (κ1) is 8.71. The summed E-state index contributed by atoms with van der Waals surface area (Å²) in [6.07, 6.45) is 0.688. The topological polar surface area (TPSA) is 38.7 Å². The summed E-state index contributed by atoms with van der Waals surface area (Å²) in [5.41, 5.74) is -0.250. The number of rotatable bonds is 1. The Morgan fingerprint density at radius 1 is 1.73 bits per heavy atom. The van der Waals surface area contributed by atoms with Crippen molar-refractivity contribution in [2.75, 3.05) is 5.75 Å². The SMILES string of the molecule is CCS(=O)C1=NOC(C)(C)C1. The highest BCUT2D eigenvalue weighted by atomic mass is 32.2.